The Kier molecular flexibility index (Phi) is 29.7. The lowest BCUT2D eigenvalue weighted by Crippen LogP contribution is -2.47. The molecule has 0 rings (SSSR count). The Balaban J connectivity index is 5.17. The largest absolute Gasteiger partial charge is 0.500 e. The Bertz CT molecular complexity index is 577. The van der Waals surface area contributed by atoms with Crippen LogP contribution in [0.4, 0.5) is 0 Å². The Hall–Kier alpha value is -0.213. The molecule has 0 heterocycles. The summed E-state index contributed by atoms with van der Waals surface area (Å²) in [5.41, 5.74) is 0. The molecular weight excluding hydrogens is 549 g/mol. The van der Waals surface area contributed by atoms with E-state index < -0.39 is 8.80 Å². The van der Waals surface area contributed by atoms with Gasteiger partial charge < -0.3 is 13.3 Å². The molecule has 0 aliphatic rings. The van der Waals surface area contributed by atoms with Crippen LogP contribution >= 0.6 is 11.8 Å². The normalized spacial score (nSPS) is 12.6. The van der Waals surface area contributed by atoms with Crippen molar-refractivity contribution in [3.63, 3.8) is 0 Å². The summed E-state index contributed by atoms with van der Waals surface area (Å²) in [4.78, 5) is 25.8. The molecule has 0 aliphatic carbocycles. The van der Waals surface area contributed by atoms with Gasteiger partial charge in [0.1, 0.15) is 0 Å². The number of thioether (sulfide) groups is 1. The van der Waals surface area contributed by atoms with Gasteiger partial charge in [0.15, 0.2) is 0 Å². The van der Waals surface area contributed by atoms with E-state index in [1.54, 1.807) is 0 Å². The van der Waals surface area contributed by atoms with Crippen LogP contribution in [-0.2, 0) is 22.9 Å². The average Bonchev–Trinajstić information content (AvgIpc) is 2.97. The van der Waals surface area contributed by atoms with E-state index in [1.807, 2.05) is 0 Å². The van der Waals surface area contributed by atoms with Crippen molar-refractivity contribution in [3.8, 4) is 0 Å². The lowest BCUT2D eigenvalue weighted by molar-refractivity contribution is -0.131. The Labute approximate surface area is 260 Å². The van der Waals surface area contributed by atoms with Crippen LogP contribution in [0.15, 0.2) is 0 Å². The topological polar surface area (TPSA) is 61.8 Å². The maximum atomic E-state index is 13.0. The molecule has 1 atom stereocenters. The first-order valence-corrected chi connectivity index (χ1v) is 20.4. The van der Waals surface area contributed by atoms with Crippen molar-refractivity contribution in [1.29, 1.82) is 0 Å². The molecule has 41 heavy (non-hydrogen) atoms. The maximum Gasteiger partial charge on any atom is 0.500 e. The maximum absolute atomic E-state index is 13.0. The van der Waals surface area contributed by atoms with E-state index in [0.29, 0.717) is 26.2 Å². The predicted molar refractivity (Wildman–Crippen MR) is 180 cm³/mol. The summed E-state index contributed by atoms with van der Waals surface area (Å²) in [6.07, 6.45) is 23.8. The molecule has 0 saturated heterocycles. The molecule has 0 aromatic rings. The van der Waals surface area contributed by atoms with Crippen LogP contribution in [-0.4, -0.2) is 44.8 Å². The zero-order valence-corrected chi connectivity index (χ0v) is 29.7. The number of Topliss-reactive ketones (excluding diaryl/α,β-unsaturated/α-hetero) is 1. The third-order valence-corrected chi connectivity index (χ3v) is 11.7. The van der Waals surface area contributed by atoms with Crippen LogP contribution in [0, 0.1) is 0 Å². The van der Waals surface area contributed by atoms with Crippen molar-refractivity contribution < 1.29 is 22.9 Å². The molecule has 0 N–H and O–H groups in total. The predicted octanol–water partition coefficient (Wildman–Crippen LogP) is 10.9. The minimum atomic E-state index is -2.86. The fourth-order valence-corrected chi connectivity index (χ4v) is 8.79. The highest BCUT2D eigenvalue weighted by Crippen LogP contribution is 2.30. The molecule has 0 aromatic carbocycles. The molecule has 0 amide bonds. The van der Waals surface area contributed by atoms with Crippen molar-refractivity contribution in [1.82, 2.24) is 0 Å². The van der Waals surface area contributed by atoms with Crippen molar-refractivity contribution in [2.45, 2.75) is 187 Å². The van der Waals surface area contributed by atoms with Crippen molar-refractivity contribution >= 4 is 31.5 Å². The number of carbonyl (C=O) groups excluding carboxylic acids is 2. The molecule has 0 spiro atoms. The fraction of sp³-hybridized carbons (Fsp3) is 0.941. The van der Waals surface area contributed by atoms with Crippen LogP contribution in [0.5, 0.6) is 0 Å². The first kappa shape index (κ1) is 40.8. The summed E-state index contributed by atoms with van der Waals surface area (Å²) in [6.45, 7) is 13.0. The van der Waals surface area contributed by atoms with Crippen LogP contribution in [0.3, 0.4) is 0 Å². The second-order valence-corrected chi connectivity index (χ2v) is 15.7. The Morgan fingerprint density at radius 1 is 0.537 bits per heavy atom. The highest BCUT2D eigenvalue weighted by Gasteiger charge is 2.41. The van der Waals surface area contributed by atoms with Gasteiger partial charge in [-0.25, -0.2) is 0 Å². The monoisotopic (exact) mass is 616 g/mol. The van der Waals surface area contributed by atoms with E-state index in [1.165, 1.54) is 76.0 Å². The van der Waals surface area contributed by atoms with Gasteiger partial charge in [0.25, 0.3) is 5.12 Å². The third-order valence-electron chi connectivity index (χ3n) is 7.62. The summed E-state index contributed by atoms with van der Waals surface area (Å²) in [6, 6.07) is 0.719. The van der Waals surface area contributed by atoms with Gasteiger partial charge in [-0.1, -0.05) is 143 Å². The summed E-state index contributed by atoms with van der Waals surface area (Å²) < 4.78 is 19.4. The summed E-state index contributed by atoms with van der Waals surface area (Å²) in [5, 5.41) is -0.137. The van der Waals surface area contributed by atoms with E-state index in [2.05, 4.69) is 34.6 Å². The molecule has 5 nitrogen and oxygen atoms in total. The number of hydrogen-bond acceptors (Lipinski definition) is 6. The SMILES string of the molecule is CCCCCCCCCCC(=O)C(=O)SC(CCCCCCC)CC[Si](OCCCC)(OCCCC)OCCCC. The molecule has 244 valence electrons. The highest BCUT2D eigenvalue weighted by molar-refractivity contribution is 8.15. The number of unbranched alkanes of at least 4 members (excludes halogenated alkanes) is 14. The molecule has 0 radical (unpaired) electrons. The van der Waals surface area contributed by atoms with Crippen LogP contribution in [0.25, 0.3) is 0 Å². The van der Waals surface area contributed by atoms with Crippen LogP contribution in [0.2, 0.25) is 6.04 Å². The smallest absolute Gasteiger partial charge is 0.373 e. The highest BCUT2D eigenvalue weighted by atomic mass is 32.2. The number of carbonyl (C=O) groups is 2. The van der Waals surface area contributed by atoms with E-state index >= 15 is 0 Å². The Morgan fingerprint density at radius 2 is 0.951 bits per heavy atom. The lowest BCUT2D eigenvalue weighted by Gasteiger charge is -2.31. The number of ketones is 1. The van der Waals surface area contributed by atoms with Gasteiger partial charge in [-0.3, -0.25) is 9.59 Å². The van der Waals surface area contributed by atoms with E-state index in [-0.39, 0.29) is 16.1 Å². The zero-order valence-electron chi connectivity index (χ0n) is 27.9. The molecule has 0 fully saturated rings. The van der Waals surface area contributed by atoms with Gasteiger partial charge in [0, 0.05) is 37.5 Å². The lowest BCUT2D eigenvalue weighted by atomic mass is 10.1. The summed E-state index contributed by atoms with van der Waals surface area (Å²) in [5.74, 6) is -0.196. The third kappa shape index (κ3) is 23.9. The summed E-state index contributed by atoms with van der Waals surface area (Å²) >= 11 is 1.29. The van der Waals surface area contributed by atoms with E-state index in [9.17, 15) is 9.59 Å². The fourth-order valence-electron chi connectivity index (χ4n) is 4.77. The minimum Gasteiger partial charge on any atom is -0.373 e. The van der Waals surface area contributed by atoms with Crippen LogP contribution < -0.4 is 0 Å². The number of hydrogen-bond donors (Lipinski definition) is 0. The molecule has 0 saturated carbocycles. The van der Waals surface area contributed by atoms with Crippen molar-refractivity contribution in [2.24, 2.45) is 0 Å². The first-order chi connectivity index (χ1) is 20.0. The second kappa shape index (κ2) is 29.8. The Morgan fingerprint density at radius 3 is 1.41 bits per heavy atom. The van der Waals surface area contributed by atoms with Gasteiger partial charge in [0.2, 0.25) is 5.78 Å². The van der Waals surface area contributed by atoms with E-state index in [4.69, 9.17) is 13.3 Å². The van der Waals surface area contributed by atoms with Gasteiger partial charge in [0.05, 0.1) is 0 Å². The van der Waals surface area contributed by atoms with Crippen LogP contribution in [0.1, 0.15) is 176 Å². The van der Waals surface area contributed by atoms with Crippen molar-refractivity contribution in [3.05, 3.63) is 0 Å². The molecule has 0 bridgehead atoms. The average molecular weight is 617 g/mol. The molecular formula is C34H68O5SSi. The van der Waals surface area contributed by atoms with Gasteiger partial charge >= 0.3 is 8.80 Å². The number of rotatable bonds is 32. The second-order valence-electron chi connectivity index (χ2n) is 11.7. The zero-order chi connectivity index (χ0) is 30.4. The first-order valence-electron chi connectivity index (χ1n) is 17.6. The molecule has 7 heteroatoms. The quantitative estimate of drug-likeness (QED) is 0.0425. The molecule has 1 unspecified atom stereocenters. The van der Waals surface area contributed by atoms with Gasteiger partial charge in [-0.2, -0.15) is 0 Å². The molecule has 0 aliphatic heterocycles. The van der Waals surface area contributed by atoms with E-state index in [0.717, 1.165) is 76.7 Å². The standard InChI is InChI=1S/C34H68O5SSi/c1-6-11-16-18-19-20-22-24-26-33(35)34(36)40-32(25-23-21-17-12-7-2)27-31-41(37-28-13-8-3,38-29-14-9-4)39-30-15-10-5/h32H,6-31H2,1-5H3. The summed E-state index contributed by atoms with van der Waals surface area (Å²) in [7, 11) is -2.86. The van der Waals surface area contributed by atoms with Gasteiger partial charge in [-0.15, -0.1) is 0 Å². The minimum absolute atomic E-state index is 0.109. The van der Waals surface area contributed by atoms with Gasteiger partial charge in [-0.05, 0) is 38.5 Å². The van der Waals surface area contributed by atoms with Crippen molar-refractivity contribution in [2.75, 3.05) is 19.8 Å². The molecule has 0 aromatic heterocycles.